The second-order valence-electron chi connectivity index (χ2n) is 3.51. The summed E-state index contributed by atoms with van der Waals surface area (Å²) in [5.74, 6) is -0.879. The summed E-state index contributed by atoms with van der Waals surface area (Å²) >= 11 is 2.90. The van der Waals surface area contributed by atoms with E-state index in [0.29, 0.717) is 11.3 Å². The van der Waals surface area contributed by atoms with Gasteiger partial charge in [-0.1, -0.05) is 29.2 Å². The van der Waals surface area contributed by atoms with E-state index in [0.717, 1.165) is 16.0 Å². The fourth-order valence-corrected chi connectivity index (χ4v) is 2.88. The third kappa shape index (κ3) is 4.15. The zero-order chi connectivity index (χ0) is 13.7. The number of carboxylic acid groups (broad SMARTS) is 1. The van der Waals surface area contributed by atoms with Crippen molar-refractivity contribution in [3.63, 3.8) is 0 Å². The minimum Gasteiger partial charge on any atom is -0.478 e. The first-order chi connectivity index (χ1) is 9.15. The molecule has 4 nitrogen and oxygen atoms in total. The monoisotopic (exact) mass is 296 g/mol. The number of thioether (sulfide) groups is 1. The summed E-state index contributed by atoms with van der Waals surface area (Å²) in [6.07, 6.45) is 2.38. The van der Waals surface area contributed by atoms with Crippen LogP contribution < -0.4 is 0 Å². The summed E-state index contributed by atoms with van der Waals surface area (Å²) in [7, 11) is 0. The van der Waals surface area contributed by atoms with E-state index in [4.69, 9.17) is 5.11 Å². The molecule has 0 atom stereocenters. The van der Waals surface area contributed by atoms with Gasteiger partial charge in [-0.15, -0.1) is 10.2 Å². The lowest BCUT2D eigenvalue weighted by Crippen LogP contribution is -1.91. The van der Waals surface area contributed by atoms with Crippen LogP contribution in [0.3, 0.4) is 0 Å². The third-order valence-electron chi connectivity index (χ3n) is 2.20. The van der Waals surface area contributed by atoms with E-state index < -0.39 is 11.8 Å². The lowest BCUT2D eigenvalue weighted by Gasteiger charge is -2.04. The van der Waals surface area contributed by atoms with Gasteiger partial charge in [-0.25, -0.2) is 9.18 Å². The van der Waals surface area contributed by atoms with E-state index in [1.165, 1.54) is 41.3 Å². The highest BCUT2D eigenvalue weighted by molar-refractivity contribution is 8.00. The number of halogens is 1. The molecular weight excluding hydrogens is 287 g/mol. The van der Waals surface area contributed by atoms with Crippen molar-refractivity contribution in [1.29, 1.82) is 0 Å². The number of aliphatic carboxylic acids is 1. The molecule has 0 fully saturated rings. The van der Waals surface area contributed by atoms with Crippen LogP contribution in [0.2, 0.25) is 0 Å². The first kappa shape index (κ1) is 13.7. The fraction of sp³-hybridized carbons (Fsp3) is 0.0833. The van der Waals surface area contributed by atoms with E-state index in [1.807, 2.05) is 0 Å². The van der Waals surface area contributed by atoms with Crippen molar-refractivity contribution in [2.24, 2.45) is 0 Å². The van der Waals surface area contributed by atoms with Gasteiger partial charge in [-0.2, -0.15) is 0 Å². The highest BCUT2D eigenvalue weighted by Crippen LogP contribution is 2.26. The van der Waals surface area contributed by atoms with Crippen LogP contribution in [0.25, 0.3) is 6.08 Å². The van der Waals surface area contributed by atoms with Gasteiger partial charge in [0, 0.05) is 11.8 Å². The van der Waals surface area contributed by atoms with Crippen LogP contribution in [-0.2, 0) is 10.5 Å². The SMILES string of the molecule is O=C(O)/C=C/c1cc(F)ccc1CSc1nncs1. The van der Waals surface area contributed by atoms with Crippen molar-refractivity contribution < 1.29 is 14.3 Å². The zero-order valence-electron chi connectivity index (χ0n) is 9.62. The van der Waals surface area contributed by atoms with Gasteiger partial charge in [-0.3, -0.25) is 0 Å². The van der Waals surface area contributed by atoms with E-state index in [-0.39, 0.29) is 0 Å². The highest BCUT2D eigenvalue weighted by Gasteiger charge is 2.05. The maximum atomic E-state index is 13.2. The molecule has 1 N–H and O–H groups in total. The summed E-state index contributed by atoms with van der Waals surface area (Å²) in [5, 5.41) is 16.2. The zero-order valence-corrected chi connectivity index (χ0v) is 11.2. The Labute approximate surface area is 117 Å². The van der Waals surface area contributed by atoms with Gasteiger partial charge in [-0.05, 0) is 29.3 Å². The van der Waals surface area contributed by atoms with Gasteiger partial charge in [0.2, 0.25) is 0 Å². The molecule has 0 aliphatic rings. The topological polar surface area (TPSA) is 63.1 Å². The van der Waals surface area contributed by atoms with Crippen molar-refractivity contribution in [3.05, 3.63) is 46.7 Å². The minimum absolute atomic E-state index is 0.394. The summed E-state index contributed by atoms with van der Waals surface area (Å²) in [6, 6.07) is 4.31. The molecule has 1 aromatic carbocycles. The Morgan fingerprint density at radius 1 is 1.53 bits per heavy atom. The number of rotatable bonds is 5. The van der Waals surface area contributed by atoms with Crippen molar-refractivity contribution in [3.8, 4) is 0 Å². The first-order valence-corrected chi connectivity index (χ1v) is 7.10. The van der Waals surface area contributed by atoms with E-state index in [2.05, 4.69) is 10.2 Å². The second-order valence-corrected chi connectivity index (χ2v) is 5.56. The first-order valence-electron chi connectivity index (χ1n) is 5.23. The number of aromatic nitrogens is 2. The molecule has 19 heavy (non-hydrogen) atoms. The Balaban J connectivity index is 2.16. The lowest BCUT2D eigenvalue weighted by atomic mass is 10.1. The van der Waals surface area contributed by atoms with Crippen LogP contribution in [0.5, 0.6) is 0 Å². The quantitative estimate of drug-likeness (QED) is 0.678. The second kappa shape index (κ2) is 6.44. The van der Waals surface area contributed by atoms with Gasteiger partial charge >= 0.3 is 5.97 Å². The predicted molar refractivity (Wildman–Crippen MR) is 72.5 cm³/mol. The number of nitrogens with zero attached hydrogens (tertiary/aromatic N) is 2. The maximum Gasteiger partial charge on any atom is 0.328 e. The molecule has 0 bridgehead atoms. The third-order valence-corrected chi connectivity index (χ3v) is 4.11. The van der Waals surface area contributed by atoms with Crippen molar-refractivity contribution >= 4 is 35.1 Å². The minimum atomic E-state index is -1.06. The number of hydrogen-bond acceptors (Lipinski definition) is 5. The molecular formula is C12H9FN2O2S2. The molecule has 0 amide bonds. The maximum absolute atomic E-state index is 13.2. The van der Waals surface area contributed by atoms with Crippen molar-refractivity contribution in [1.82, 2.24) is 10.2 Å². The number of carboxylic acids is 1. The Morgan fingerprint density at radius 2 is 2.37 bits per heavy atom. The molecule has 0 aliphatic carbocycles. The van der Waals surface area contributed by atoms with Crippen molar-refractivity contribution in [2.75, 3.05) is 0 Å². The standard InChI is InChI=1S/C12H9FN2O2S2/c13-10-3-1-9(6-18-12-15-14-7-19-12)8(5-10)2-4-11(16)17/h1-5,7H,6H2,(H,16,17)/b4-2+. The van der Waals surface area contributed by atoms with Crippen molar-refractivity contribution in [2.45, 2.75) is 10.1 Å². The van der Waals surface area contributed by atoms with E-state index in [1.54, 1.807) is 11.6 Å². The average Bonchev–Trinajstić information content (AvgIpc) is 2.88. The normalized spacial score (nSPS) is 11.0. The Kier molecular flexibility index (Phi) is 4.64. The fourth-order valence-electron chi connectivity index (χ4n) is 1.38. The molecule has 1 aromatic heterocycles. The van der Waals surface area contributed by atoms with E-state index >= 15 is 0 Å². The molecule has 0 unspecified atom stereocenters. The van der Waals surface area contributed by atoms with Gasteiger partial charge in [0.25, 0.3) is 0 Å². The lowest BCUT2D eigenvalue weighted by molar-refractivity contribution is -0.131. The predicted octanol–water partition coefficient (Wildman–Crippen LogP) is 3.07. The molecule has 0 saturated heterocycles. The van der Waals surface area contributed by atoms with Gasteiger partial charge in [0.05, 0.1) is 0 Å². The molecule has 2 aromatic rings. The summed E-state index contributed by atoms with van der Waals surface area (Å²) in [6.45, 7) is 0. The van der Waals surface area contributed by atoms with Crippen LogP contribution in [0, 0.1) is 5.82 Å². The molecule has 0 spiro atoms. The van der Waals surface area contributed by atoms with Crippen LogP contribution >= 0.6 is 23.1 Å². The highest BCUT2D eigenvalue weighted by atomic mass is 32.2. The average molecular weight is 296 g/mol. The van der Waals surface area contributed by atoms with Crippen LogP contribution in [0.1, 0.15) is 11.1 Å². The van der Waals surface area contributed by atoms with Crippen LogP contribution in [0.4, 0.5) is 4.39 Å². The molecule has 1 heterocycles. The molecule has 2 rings (SSSR count). The van der Waals surface area contributed by atoms with Gasteiger partial charge in [0.1, 0.15) is 11.3 Å². The number of benzene rings is 1. The molecule has 0 saturated carbocycles. The largest absolute Gasteiger partial charge is 0.478 e. The molecule has 98 valence electrons. The summed E-state index contributed by atoms with van der Waals surface area (Å²) < 4.78 is 14.0. The molecule has 0 aliphatic heterocycles. The Morgan fingerprint density at radius 3 is 3.05 bits per heavy atom. The number of hydrogen-bond donors (Lipinski definition) is 1. The van der Waals surface area contributed by atoms with Crippen LogP contribution in [-0.4, -0.2) is 21.3 Å². The Bertz CT molecular complexity index is 600. The van der Waals surface area contributed by atoms with Crippen LogP contribution in [0.15, 0.2) is 34.1 Å². The van der Waals surface area contributed by atoms with E-state index in [9.17, 15) is 9.18 Å². The summed E-state index contributed by atoms with van der Waals surface area (Å²) in [4.78, 5) is 10.5. The summed E-state index contributed by atoms with van der Waals surface area (Å²) in [5.41, 5.74) is 3.04. The molecule has 0 radical (unpaired) electrons. The van der Waals surface area contributed by atoms with Gasteiger partial charge < -0.3 is 5.11 Å². The van der Waals surface area contributed by atoms with Gasteiger partial charge in [0.15, 0.2) is 4.34 Å². The molecule has 7 heteroatoms. The Hall–Kier alpha value is -1.73. The number of carbonyl (C=O) groups is 1. The smallest absolute Gasteiger partial charge is 0.328 e.